The Hall–Kier alpha value is -1.21. The van der Waals surface area contributed by atoms with E-state index >= 15 is 0 Å². The second-order valence-corrected chi connectivity index (χ2v) is 2.92. The van der Waals surface area contributed by atoms with E-state index in [1.54, 1.807) is 0 Å². The summed E-state index contributed by atoms with van der Waals surface area (Å²) in [6.45, 7) is 1.38. The van der Waals surface area contributed by atoms with Crippen molar-refractivity contribution in [1.82, 2.24) is 0 Å². The van der Waals surface area contributed by atoms with Gasteiger partial charge in [0.25, 0.3) is 0 Å². The van der Waals surface area contributed by atoms with Crippen molar-refractivity contribution in [1.29, 1.82) is 0 Å². The molecule has 15 heavy (non-hydrogen) atoms. The van der Waals surface area contributed by atoms with Gasteiger partial charge in [0.15, 0.2) is 0 Å². The summed E-state index contributed by atoms with van der Waals surface area (Å²) >= 11 is 0. The summed E-state index contributed by atoms with van der Waals surface area (Å²) in [4.78, 5) is 0. The van der Waals surface area contributed by atoms with Crippen LogP contribution in [0, 0.1) is 6.92 Å². The van der Waals surface area contributed by atoms with Crippen molar-refractivity contribution in [3.8, 4) is 5.75 Å². The first kappa shape index (κ1) is 11.9. The quantitative estimate of drug-likeness (QED) is 0.739. The molecular formula is C8H8BF3O3. The average Bonchev–Trinajstić information content (AvgIpc) is 2.05. The van der Waals surface area contributed by atoms with Crippen LogP contribution in [0.1, 0.15) is 11.1 Å². The molecule has 0 fully saturated rings. The van der Waals surface area contributed by atoms with Crippen molar-refractivity contribution in [2.24, 2.45) is 0 Å². The summed E-state index contributed by atoms with van der Waals surface area (Å²) in [5.74, 6) is -0.00185. The van der Waals surface area contributed by atoms with E-state index in [1.165, 1.54) is 6.92 Å². The highest BCUT2D eigenvalue weighted by atomic mass is 19.4. The number of hydrogen-bond acceptors (Lipinski definition) is 3. The molecule has 0 aromatic heterocycles. The Morgan fingerprint density at radius 1 is 1.27 bits per heavy atom. The molecule has 0 aliphatic carbocycles. The maximum Gasteiger partial charge on any atom is 0.707 e. The fraction of sp³-hybridized carbons (Fsp3) is 0.250. The van der Waals surface area contributed by atoms with Crippen LogP contribution in [0.5, 0.6) is 5.75 Å². The molecule has 1 rings (SSSR count). The fourth-order valence-electron chi connectivity index (χ4n) is 1.07. The zero-order valence-electron chi connectivity index (χ0n) is 7.75. The van der Waals surface area contributed by atoms with Gasteiger partial charge in [0, 0.05) is 0 Å². The van der Waals surface area contributed by atoms with Gasteiger partial charge in [-0.05, 0) is 30.7 Å². The van der Waals surface area contributed by atoms with Crippen LogP contribution < -0.4 is 4.65 Å². The zero-order chi connectivity index (χ0) is 11.6. The highest BCUT2D eigenvalue weighted by Gasteiger charge is 2.30. The van der Waals surface area contributed by atoms with Gasteiger partial charge in [-0.1, -0.05) is 0 Å². The fourth-order valence-corrected chi connectivity index (χ4v) is 1.07. The highest BCUT2D eigenvalue weighted by molar-refractivity contribution is 6.33. The third-order valence-electron chi connectivity index (χ3n) is 1.73. The van der Waals surface area contributed by atoms with Crippen molar-refractivity contribution in [3.05, 3.63) is 29.3 Å². The monoisotopic (exact) mass is 220 g/mol. The number of alkyl halides is 3. The molecule has 0 aliphatic heterocycles. The molecule has 0 aliphatic rings. The molecule has 0 bridgehead atoms. The van der Waals surface area contributed by atoms with Crippen LogP contribution in [-0.2, 0) is 6.18 Å². The van der Waals surface area contributed by atoms with E-state index in [2.05, 4.69) is 4.65 Å². The van der Waals surface area contributed by atoms with Crippen LogP contribution in [0.2, 0.25) is 0 Å². The normalized spacial score (nSPS) is 11.3. The van der Waals surface area contributed by atoms with E-state index in [1.807, 2.05) is 0 Å². The first-order valence-electron chi connectivity index (χ1n) is 4.01. The lowest BCUT2D eigenvalue weighted by atomic mass is 10.1. The summed E-state index contributed by atoms with van der Waals surface area (Å²) < 4.78 is 41.1. The summed E-state index contributed by atoms with van der Waals surface area (Å²) in [5.41, 5.74) is -0.627. The number of halogens is 3. The molecular weight excluding hydrogens is 212 g/mol. The molecule has 0 heterocycles. The molecule has 0 radical (unpaired) electrons. The van der Waals surface area contributed by atoms with E-state index in [4.69, 9.17) is 10.0 Å². The van der Waals surface area contributed by atoms with Gasteiger partial charge in [-0.3, -0.25) is 0 Å². The predicted molar refractivity (Wildman–Crippen MR) is 47.0 cm³/mol. The minimum absolute atomic E-state index is 0.00185. The van der Waals surface area contributed by atoms with Gasteiger partial charge in [-0.25, -0.2) is 0 Å². The Balaban J connectivity index is 2.98. The summed E-state index contributed by atoms with van der Waals surface area (Å²) in [6.07, 6.45) is -4.42. The Kier molecular flexibility index (Phi) is 3.26. The summed E-state index contributed by atoms with van der Waals surface area (Å²) in [6, 6.07) is 2.72. The lowest BCUT2D eigenvalue weighted by molar-refractivity contribution is -0.137. The van der Waals surface area contributed by atoms with E-state index < -0.39 is 19.1 Å². The van der Waals surface area contributed by atoms with Gasteiger partial charge in [-0.2, -0.15) is 13.2 Å². The van der Waals surface area contributed by atoms with Gasteiger partial charge in [0.2, 0.25) is 0 Å². The Morgan fingerprint density at radius 2 is 1.87 bits per heavy atom. The van der Waals surface area contributed by atoms with Crippen LogP contribution in [0.4, 0.5) is 13.2 Å². The molecule has 0 saturated heterocycles. The third-order valence-corrected chi connectivity index (χ3v) is 1.73. The molecule has 82 valence electrons. The number of rotatable bonds is 2. The maximum absolute atomic E-state index is 12.2. The van der Waals surface area contributed by atoms with Gasteiger partial charge in [0.1, 0.15) is 5.75 Å². The lowest BCUT2D eigenvalue weighted by Crippen LogP contribution is -2.21. The van der Waals surface area contributed by atoms with Crippen molar-refractivity contribution in [2.75, 3.05) is 0 Å². The van der Waals surface area contributed by atoms with Crippen LogP contribution in [0.3, 0.4) is 0 Å². The Labute approximate surface area is 84.3 Å². The highest BCUT2D eigenvalue weighted by Crippen LogP contribution is 2.32. The van der Waals surface area contributed by atoms with Gasteiger partial charge in [-0.15, -0.1) is 0 Å². The smallest absolute Gasteiger partial charge is 0.512 e. The summed E-state index contributed by atoms with van der Waals surface area (Å²) in [7, 11) is -2.04. The molecule has 0 atom stereocenters. The van der Waals surface area contributed by atoms with E-state index in [9.17, 15) is 13.2 Å². The number of hydrogen-bond donors (Lipinski definition) is 2. The topological polar surface area (TPSA) is 49.7 Å². The standard InChI is InChI=1S/C8H8BF3O3/c1-5-4-6(8(10,11)12)2-3-7(5)15-9(13)14/h2-4,13-14H,1H3. The van der Waals surface area contributed by atoms with Crippen molar-refractivity contribution >= 4 is 7.32 Å². The number of benzene rings is 1. The Bertz CT molecular complexity index is 351. The van der Waals surface area contributed by atoms with E-state index in [0.717, 1.165) is 18.2 Å². The molecule has 7 heteroatoms. The lowest BCUT2D eigenvalue weighted by Gasteiger charge is -2.11. The molecule has 1 aromatic rings. The molecule has 0 unspecified atom stereocenters. The molecule has 2 N–H and O–H groups in total. The van der Waals surface area contributed by atoms with Crippen LogP contribution >= 0.6 is 0 Å². The van der Waals surface area contributed by atoms with Crippen molar-refractivity contribution in [3.63, 3.8) is 0 Å². The second kappa shape index (κ2) is 4.12. The average molecular weight is 220 g/mol. The zero-order valence-corrected chi connectivity index (χ0v) is 7.75. The first-order chi connectivity index (χ1) is 6.80. The van der Waals surface area contributed by atoms with Crippen LogP contribution in [-0.4, -0.2) is 17.4 Å². The largest absolute Gasteiger partial charge is 0.707 e. The molecule has 3 nitrogen and oxygen atoms in total. The van der Waals surface area contributed by atoms with Gasteiger partial charge >= 0.3 is 13.5 Å². The van der Waals surface area contributed by atoms with Gasteiger partial charge in [0.05, 0.1) is 5.56 Å². The summed E-state index contributed by atoms with van der Waals surface area (Å²) in [5, 5.41) is 16.9. The number of aryl methyl sites for hydroxylation is 1. The molecule has 1 aromatic carbocycles. The van der Waals surface area contributed by atoms with Crippen molar-refractivity contribution < 1.29 is 27.9 Å². The van der Waals surface area contributed by atoms with Gasteiger partial charge < -0.3 is 14.7 Å². The minimum Gasteiger partial charge on any atom is -0.512 e. The van der Waals surface area contributed by atoms with Crippen LogP contribution in [0.25, 0.3) is 0 Å². The maximum atomic E-state index is 12.2. The Morgan fingerprint density at radius 3 is 2.27 bits per heavy atom. The molecule has 0 spiro atoms. The second-order valence-electron chi connectivity index (χ2n) is 2.92. The first-order valence-corrected chi connectivity index (χ1v) is 4.01. The molecule has 0 amide bonds. The SMILES string of the molecule is Cc1cc(C(F)(F)F)ccc1OB(O)O. The minimum atomic E-state index is -4.42. The molecule has 0 saturated carbocycles. The third kappa shape index (κ3) is 3.14. The van der Waals surface area contributed by atoms with Crippen LogP contribution in [0.15, 0.2) is 18.2 Å². The van der Waals surface area contributed by atoms with E-state index in [-0.39, 0.29) is 11.3 Å². The van der Waals surface area contributed by atoms with E-state index in [0.29, 0.717) is 0 Å². The predicted octanol–water partition coefficient (Wildman–Crippen LogP) is 1.36. The van der Waals surface area contributed by atoms with Crippen molar-refractivity contribution in [2.45, 2.75) is 13.1 Å².